The average molecular weight is 282 g/mol. The summed E-state index contributed by atoms with van der Waals surface area (Å²) in [5, 5.41) is 9.02. The Hall–Kier alpha value is -2.82. The minimum Gasteiger partial charge on any atom is -0.497 e. The van der Waals surface area contributed by atoms with E-state index in [9.17, 15) is 4.79 Å². The van der Waals surface area contributed by atoms with E-state index in [-0.39, 0.29) is 5.56 Å². The number of ether oxygens (including phenoxy) is 1. The third kappa shape index (κ3) is 2.23. The van der Waals surface area contributed by atoms with Gasteiger partial charge in [-0.3, -0.25) is 4.57 Å². The molecule has 0 radical (unpaired) electrons. The number of benzene rings is 2. The molecule has 2 aromatic carbocycles. The number of carboxylic acid groups (broad SMARTS) is 1. The number of fused-ring (bicyclic) bond motifs is 1. The van der Waals surface area contributed by atoms with Crippen molar-refractivity contribution in [3.8, 4) is 11.4 Å². The lowest BCUT2D eigenvalue weighted by Crippen LogP contribution is -1.98. The smallest absolute Gasteiger partial charge is 0.335 e. The average Bonchev–Trinajstić information content (AvgIpc) is 2.89. The lowest BCUT2D eigenvalue weighted by Gasteiger charge is -2.10. The van der Waals surface area contributed by atoms with Gasteiger partial charge in [0, 0.05) is 0 Å². The third-order valence-electron chi connectivity index (χ3n) is 3.46. The normalized spacial score (nSPS) is 10.8. The third-order valence-corrected chi connectivity index (χ3v) is 3.46. The van der Waals surface area contributed by atoms with Gasteiger partial charge in [-0.15, -0.1) is 0 Å². The molecule has 0 aliphatic carbocycles. The summed E-state index contributed by atoms with van der Waals surface area (Å²) >= 11 is 0. The van der Waals surface area contributed by atoms with Crippen molar-refractivity contribution in [2.75, 3.05) is 7.11 Å². The minimum atomic E-state index is -0.952. The Morgan fingerprint density at radius 1 is 1.24 bits per heavy atom. The molecule has 1 heterocycles. The molecule has 0 aliphatic rings. The zero-order valence-corrected chi connectivity index (χ0v) is 11.7. The molecule has 0 atom stereocenters. The maximum Gasteiger partial charge on any atom is 0.335 e. The molecule has 3 rings (SSSR count). The summed E-state index contributed by atoms with van der Waals surface area (Å²) in [6.07, 6.45) is 1.70. The van der Waals surface area contributed by atoms with Crippen LogP contribution in [0.5, 0.6) is 5.75 Å². The molecular weight excluding hydrogens is 268 g/mol. The zero-order valence-electron chi connectivity index (χ0n) is 11.7. The summed E-state index contributed by atoms with van der Waals surface area (Å²) in [4.78, 5) is 15.3. The Balaban J connectivity index is 2.15. The van der Waals surface area contributed by atoms with Crippen molar-refractivity contribution in [1.29, 1.82) is 0 Å². The molecule has 5 heteroatoms. The number of imidazole rings is 1. The van der Waals surface area contributed by atoms with Gasteiger partial charge in [-0.05, 0) is 48.9 Å². The number of methoxy groups -OCH3 is 1. The molecule has 5 nitrogen and oxygen atoms in total. The summed E-state index contributed by atoms with van der Waals surface area (Å²) in [7, 11) is 1.63. The van der Waals surface area contributed by atoms with E-state index >= 15 is 0 Å². The van der Waals surface area contributed by atoms with Gasteiger partial charge in [0.05, 0.1) is 29.4 Å². The van der Waals surface area contributed by atoms with Crippen LogP contribution in [0.15, 0.2) is 42.7 Å². The number of aromatic nitrogens is 2. The molecular formula is C16H14N2O3. The Morgan fingerprint density at radius 3 is 2.71 bits per heavy atom. The largest absolute Gasteiger partial charge is 0.497 e. The molecule has 3 aromatic rings. The van der Waals surface area contributed by atoms with Crippen LogP contribution < -0.4 is 4.74 Å². The number of aryl methyl sites for hydroxylation is 1. The molecule has 0 aliphatic heterocycles. The number of hydrogen-bond donors (Lipinski definition) is 1. The van der Waals surface area contributed by atoms with Crippen LogP contribution >= 0.6 is 0 Å². The highest BCUT2D eigenvalue weighted by Gasteiger charge is 2.10. The fourth-order valence-corrected chi connectivity index (χ4v) is 2.36. The van der Waals surface area contributed by atoms with E-state index < -0.39 is 5.97 Å². The van der Waals surface area contributed by atoms with Gasteiger partial charge in [0.2, 0.25) is 0 Å². The van der Waals surface area contributed by atoms with Crippen molar-refractivity contribution in [3.05, 3.63) is 53.9 Å². The highest BCUT2D eigenvalue weighted by Crippen LogP contribution is 2.24. The van der Waals surface area contributed by atoms with Gasteiger partial charge in [0.1, 0.15) is 12.1 Å². The van der Waals surface area contributed by atoms with E-state index in [1.807, 2.05) is 29.7 Å². The predicted molar refractivity (Wildman–Crippen MR) is 79.3 cm³/mol. The summed E-state index contributed by atoms with van der Waals surface area (Å²) in [6.45, 7) is 2.00. The molecule has 1 N–H and O–H groups in total. The van der Waals surface area contributed by atoms with Crippen LogP contribution in [0.2, 0.25) is 0 Å². The topological polar surface area (TPSA) is 64.4 Å². The molecule has 1 aromatic heterocycles. The van der Waals surface area contributed by atoms with Crippen LogP contribution in [0.4, 0.5) is 0 Å². The molecule has 21 heavy (non-hydrogen) atoms. The van der Waals surface area contributed by atoms with Crippen molar-refractivity contribution in [1.82, 2.24) is 9.55 Å². The first-order chi connectivity index (χ1) is 10.1. The van der Waals surface area contributed by atoms with Gasteiger partial charge in [-0.25, -0.2) is 9.78 Å². The standard InChI is InChI=1S/C16H14N2O3/c1-10-7-12(21-2)4-6-14(10)18-9-17-13-8-11(16(19)20)3-5-15(13)18/h3-9H,1-2H3,(H,19,20). The van der Waals surface area contributed by atoms with Gasteiger partial charge in [0.15, 0.2) is 0 Å². The second kappa shape index (κ2) is 4.94. The highest BCUT2D eigenvalue weighted by molar-refractivity contribution is 5.92. The van der Waals surface area contributed by atoms with Gasteiger partial charge in [-0.1, -0.05) is 0 Å². The van der Waals surface area contributed by atoms with Crippen molar-refractivity contribution in [2.45, 2.75) is 6.92 Å². The molecule has 0 unspecified atom stereocenters. The van der Waals surface area contributed by atoms with Gasteiger partial charge in [0.25, 0.3) is 0 Å². The second-order valence-corrected chi connectivity index (χ2v) is 4.78. The van der Waals surface area contributed by atoms with Gasteiger partial charge < -0.3 is 9.84 Å². The van der Waals surface area contributed by atoms with E-state index in [4.69, 9.17) is 9.84 Å². The SMILES string of the molecule is COc1ccc(-n2cnc3cc(C(=O)O)ccc32)c(C)c1. The monoisotopic (exact) mass is 282 g/mol. The summed E-state index contributed by atoms with van der Waals surface area (Å²) in [5.74, 6) is -0.152. The lowest BCUT2D eigenvalue weighted by molar-refractivity contribution is 0.0697. The molecule has 0 saturated heterocycles. The van der Waals surface area contributed by atoms with E-state index in [0.717, 1.165) is 22.5 Å². The lowest BCUT2D eigenvalue weighted by atomic mass is 10.1. The van der Waals surface area contributed by atoms with Crippen molar-refractivity contribution < 1.29 is 14.6 Å². The van der Waals surface area contributed by atoms with Crippen molar-refractivity contribution >= 4 is 17.0 Å². The van der Waals surface area contributed by atoms with E-state index in [1.54, 1.807) is 31.6 Å². The summed E-state index contributed by atoms with van der Waals surface area (Å²) in [6, 6.07) is 10.7. The van der Waals surface area contributed by atoms with Gasteiger partial charge in [-0.2, -0.15) is 0 Å². The quantitative estimate of drug-likeness (QED) is 0.802. The molecule has 0 fully saturated rings. The first-order valence-electron chi connectivity index (χ1n) is 6.45. The number of aromatic carboxylic acids is 1. The number of hydrogen-bond acceptors (Lipinski definition) is 3. The summed E-state index contributed by atoms with van der Waals surface area (Å²) in [5.41, 5.74) is 3.80. The van der Waals surface area contributed by atoms with Crippen LogP contribution in [0, 0.1) is 6.92 Å². The zero-order chi connectivity index (χ0) is 15.0. The van der Waals surface area contributed by atoms with E-state index in [0.29, 0.717) is 5.52 Å². The highest BCUT2D eigenvalue weighted by atomic mass is 16.5. The second-order valence-electron chi connectivity index (χ2n) is 4.78. The van der Waals surface area contributed by atoms with Crippen LogP contribution in [0.1, 0.15) is 15.9 Å². The number of carbonyl (C=O) groups is 1. The Labute approximate surface area is 121 Å². The number of nitrogens with zero attached hydrogens (tertiary/aromatic N) is 2. The van der Waals surface area contributed by atoms with Crippen LogP contribution in [-0.2, 0) is 0 Å². The molecule has 0 saturated carbocycles. The number of rotatable bonds is 3. The molecule has 106 valence electrons. The van der Waals surface area contributed by atoms with Gasteiger partial charge >= 0.3 is 5.97 Å². The molecule has 0 spiro atoms. The predicted octanol–water partition coefficient (Wildman–Crippen LogP) is 3.04. The Bertz CT molecular complexity index is 837. The summed E-state index contributed by atoms with van der Waals surface area (Å²) < 4.78 is 7.15. The van der Waals surface area contributed by atoms with Crippen molar-refractivity contribution in [3.63, 3.8) is 0 Å². The molecule has 0 amide bonds. The fraction of sp³-hybridized carbons (Fsp3) is 0.125. The fourth-order valence-electron chi connectivity index (χ4n) is 2.36. The molecule has 0 bridgehead atoms. The first kappa shape index (κ1) is 13.2. The van der Waals surface area contributed by atoms with Crippen LogP contribution in [-0.4, -0.2) is 27.7 Å². The maximum atomic E-state index is 11.0. The van der Waals surface area contributed by atoms with E-state index in [2.05, 4.69) is 4.98 Å². The first-order valence-corrected chi connectivity index (χ1v) is 6.45. The Morgan fingerprint density at radius 2 is 2.05 bits per heavy atom. The number of carboxylic acids is 1. The van der Waals surface area contributed by atoms with Crippen LogP contribution in [0.3, 0.4) is 0 Å². The minimum absolute atomic E-state index is 0.235. The van der Waals surface area contributed by atoms with Crippen molar-refractivity contribution in [2.24, 2.45) is 0 Å². The van der Waals surface area contributed by atoms with E-state index in [1.165, 1.54) is 0 Å². The maximum absolute atomic E-state index is 11.0. The Kier molecular flexibility index (Phi) is 3.10. The van der Waals surface area contributed by atoms with Crippen LogP contribution in [0.25, 0.3) is 16.7 Å².